The third kappa shape index (κ3) is 2.00. The van der Waals surface area contributed by atoms with Crippen molar-refractivity contribution in [3.05, 3.63) is 54.1 Å². The monoisotopic (exact) mass is 239 g/mol. The summed E-state index contributed by atoms with van der Waals surface area (Å²) in [4.78, 5) is 0. The summed E-state index contributed by atoms with van der Waals surface area (Å²) in [7, 11) is 0. The second kappa shape index (κ2) is 4.46. The number of rotatable bonds is 1. The molecule has 2 heteroatoms. The van der Waals surface area contributed by atoms with E-state index in [0.29, 0.717) is 0 Å². The molecule has 0 saturated heterocycles. The number of fused-ring (bicyclic) bond motifs is 1. The summed E-state index contributed by atoms with van der Waals surface area (Å²) in [6.45, 7) is 2.06. The highest BCUT2D eigenvalue weighted by molar-refractivity contribution is 5.66. The second-order valence-electron chi connectivity index (χ2n) is 4.89. The molecule has 18 heavy (non-hydrogen) atoms. The molecule has 0 radical (unpaired) electrons. The molecule has 0 bridgehead atoms. The molecule has 2 atom stereocenters. The van der Waals surface area contributed by atoms with Crippen molar-refractivity contribution in [3.63, 3.8) is 0 Å². The van der Waals surface area contributed by atoms with Crippen LogP contribution in [-0.4, -0.2) is 6.10 Å². The van der Waals surface area contributed by atoms with Gasteiger partial charge in [0.15, 0.2) is 0 Å². The number of hydrogen-bond acceptors (Lipinski definition) is 2. The Kier molecular flexibility index (Phi) is 2.80. The maximum Gasteiger partial charge on any atom is 0.124 e. The Morgan fingerprint density at radius 1 is 1.06 bits per heavy atom. The van der Waals surface area contributed by atoms with Gasteiger partial charge in [-0.25, -0.2) is 0 Å². The fourth-order valence-electron chi connectivity index (χ4n) is 2.51. The van der Waals surface area contributed by atoms with E-state index in [0.717, 1.165) is 17.7 Å². The maximum atomic E-state index is 6.20. The van der Waals surface area contributed by atoms with Crippen molar-refractivity contribution >= 4 is 0 Å². The summed E-state index contributed by atoms with van der Waals surface area (Å²) in [5, 5.41) is 0. The summed E-state index contributed by atoms with van der Waals surface area (Å²) >= 11 is 0. The minimum atomic E-state index is 0.0763. The molecule has 0 amide bonds. The molecule has 1 aliphatic heterocycles. The molecule has 2 nitrogen and oxygen atoms in total. The highest BCUT2D eigenvalue weighted by Gasteiger charge is 2.23. The zero-order valence-electron chi connectivity index (χ0n) is 10.5. The molecule has 0 aromatic heterocycles. The first kappa shape index (κ1) is 11.3. The van der Waals surface area contributed by atoms with Gasteiger partial charge in [-0.1, -0.05) is 36.4 Å². The lowest BCUT2D eigenvalue weighted by molar-refractivity contribution is 0.177. The SMILES string of the molecule is CC1CC(N)c2cc(-c3ccccc3)ccc2O1. The first-order valence-electron chi connectivity index (χ1n) is 6.35. The van der Waals surface area contributed by atoms with E-state index in [4.69, 9.17) is 10.5 Å². The predicted molar refractivity (Wildman–Crippen MR) is 73.5 cm³/mol. The summed E-state index contributed by atoms with van der Waals surface area (Å²) in [6, 6.07) is 16.7. The van der Waals surface area contributed by atoms with Crippen LogP contribution < -0.4 is 10.5 Å². The van der Waals surface area contributed by atoms with Crippen LogP contribution in [0.5, 0.6) is 5.75 Å². The highest BCUT2D eigenvalue weighted by atomic mass is 16.5. The second-order valence-corrected chi connectivity index (χ2v) is 4.89. The largest absolute Gasteiger partial charge is 0.490 e. The lowest BCUT2D eigenvalue weighted by Crippen LogP contribution is -2.27. The minimum Gasteiger partial charge on any atom is -0.490 e. The van der Waals surface area contributed by atoms with Crippen LogP contribution in [0.4, 0.5) is 0 Å². The van der Waals surface area contributed by atoms with Gasteiger partial charge in [0.25, 0.3) is 0 Å². The fourth-order valence-corrected chi connectivity index (χ4v) is 2.51. The van der Waals surface area contributed by atoms with Crippen molar-refractivity contribution in [2.24, 2.45) is 5.73 Å². The molecule has 3 rings (SSSR count). The van der Waals surface area contributed by atoms with Gasteiger partial charge in [0.2, 0.25) is 0 Å². The third-order valence-corrected chi connectivity index (χ3v) is 3.43. The zero-order valence-corrected chi connectivity index (χ0v) is 10.5. The molecule has 0 fully saturated rings. The van der Waals surface area contributed by atoms with Gasteiger partial charge < -0.3 is 10.5 Å². The Hall–Kier alpha value is -1.80. The number of hydrogen-bond donors (Lipinski definition) is 1. The van der Waals surface area contributed by atoms with Crippen molar-refractivity contribution in [2.45, 2.75) is 25.5 Å². The Balaban J connectivity index is 2.04. The molecule has 0 spiro atoms. The minimum absolute atomic E-state index is 0.0763. The van der Waals surface area contributed by atoms with Gasteiger partial charge in [-0.15, -0.1) is 0 Å². The molecular weight excluding hydrogens is 222 g/mol. The van der Waals surface area contributed by atoms with Crippen LogP contribution >= 0.6 is 0 Å². The number of ether oxygens (including phenoxy) is 1. The summed E-state index contributed by atoms with van der Waals surface area (Å²) in [5.41, 5.74) is 9.73. The lowest BCUT2D eigenvalue weighted by Gasteiger charge is -2.28. The Morgan fingerprint density at radius 2 is 1.83 bits per heavy atom. The first-order chi connectivity index (χ1) is 8.74. The van der Waals surface area contributed by atoms with E-state index in [1.54, 1.807) is 0 Å². The molecule has 2 unspecified atom stereocenters. The van der Waals surface area contributed by atoms with E-state index in [1.165, 1.54) is 11.1 Å². The molecule has 92 valence electrons. The van der Waals surface area contributed by atoms with Crippen molar-refractivity contribution in [2.75, 3.05) is 0 Å². The number of nitrogens with two attached hydrogens (primary N) is 1. The Bertz CT molecular complexity index is 550. The smallest absolute Gasteiger partial charge is 0.124 e. The van der Waals surface area contributed by atoms with Crippen molar-refractivity contribution in [3.8, 4) is 16.9 Å². The molecular formula is C16H17NO. The van der Waals surface area contributed by atoms with Gasteiger partial charge in [0.05, 0.1) is 6.10 Å². The van der Waals surface area contributed by atoms with Gasteiger partial charge in [0.1, 0.15) is 5.75 Å². The van der Waals surface area contributed by atoms with Crippen molar-refractivity contribution in [1.29, 1.82) is 0 Å². The Morgan fingerprint density at radius 3 is 2.61 bits per heavy atom. The van der Waals surface area contributed by atoms with Crippen molar-refractivity contribution in [1.82, 2.24) is 0 Å². The van der Waals surface area contributed by atoms with E-state index in [2.05, 4.69) is 31.2 Å². The van der Waals surface area contributed by atoms with Crippen LogP contribution in [-0.2, 0) is 0 Å². The van der Waals surface area contributed by atoms with Crippen LogP contribution in [0.1, 0.15) is 24.9 Å². The van der Waals surface area contributed by atoms with E-state index < -0.39 is 0 Å². The van der Waals surface area contributed by atoms with Crippen LogP contribution in [0.15, 0.2) is 48.5 Å². The van der Waals surface area contributed by atoms with Crippen LogP contribution in [0.3, 0.4) is 0 Å². The van der Waals surface area contributed by atoms with Gasteiger partial charge in [-0.2, -0.15) is 0 Å². The molecule has 2 aromatic rings. The molecule has 2 aromatic carbocycles. The van der Waals surface area contributed by atoms with E-state index in [-0.39, 0.29) is 12.1 Å². The first-order valence-corrected chi connectivity index (χ1v) is 6.35. The van der Waals surface area contributed by atoms with E-state index >= 15 is 0 Å². The fraction of sp³-hybridized carbons (Fsp3) is 0.250. The highest BCUT2D eigenvalue weighted by Crippen LogP contribution is 2.36. The van der Waals surface area contributed by atoms with Gasteiger partial charge >= 0.3 is 0 Å². The van der Waals surface area contributed by atoms with E-state index in [1.807, 2.05) is 24.3 Å². The third-order valence-electron chi connectivity index (χ3n) is 3.43. The van der Waals surface area contributed by atoms with Crippen LogP contribution in [0.25, 0.3) is 11.1 Å². The average Bonchev–Trinajstić information content (AvgIpc) is 2.39. The average molecular weight is 239 g/mol. The van der Waals surface area contributed by atoms with Crippen molar-refractivity contribution < 1.29 is 4.74 Å². The standard InChI is InChI=1S/C16H17NO/c1-11-9-15(17)14-10-13(7-8-16(14)18-11)12-5-3-2-4-6-12/h2-8,10-11,15H,9,17H2,1H3. The van der Waals surface area contributed by atoms with Gasteiger partial charge in [-0.05, 0) is 30.2 Å². The normalized spacial score (nSPS) is 22.1. The summed E-state index contributed by atoms with van der Waals surface area (Å²) in [5.74, 6) is 0.931. The lowest BCUT2D eigenvalue weighted by atomic mass is 9.94. The maximum absolute atomic E-state index is 6.20. The molecule has 1 aliphatic rings. The van der Waals surface area contributed by atoms with Gasteiger partial charge in [0, 0.05) is 18.0 Å². The van der Waals surface area contributed by atoms with Crippen LogP contribution in [0.2, 0.25) is 0 Å². The molecule has 1 heterocycles. The van der Waals surface area contributed by atoms with Crippen LogP contribution in [0, 0.1) is 0 Å². The number of benzene rings is 2. The topological polar surface area (TPSA) is 35.2 Å². The Labute approximate surface area is 107 Å². The quantitative estimate of drug-likeness (QED) is 0.826. The zero-order chi connectivity index (χ0) is 12.5. The predicted octanol–water partition coefficient (Wildman–Crippen LogP) is 3.52. The molecule has 2 N–H and O–H groups in total. The molecule has 0 saturated carbocycles. The summed E-state index contributed by atoms with van der Waals surface area (Å²) in [6.07, 6.45) is 1.08. The van der Waals surface area contributed by atoms with E-state index in [9.17, 15) is 0 Å². The van der Waals surface area contributed by atoms with Gasteiger partial charge in [-0.3, -0.25) is 0 Å². The molecule has 0 aliphatic carbocycles. The summed E-state index contributed by atoms with van der Waals surface area (Å²) < 4.78 is 5.81.